The maximum atomic E-state index is 9.94. The van der Waals surface area contributed by atoms with Crippen molar-refractivity contribution in [3.63, 3.8) is 0 Å². The first-order valence-corrected chi connectivity index (χ1v) is 3.11. The van der Waals surface area contributed by atoms with E-state index in [1.165, 1.54) is 0 Å². The highest BCUT2D eigenvalue weighted by molar-refractivity contribution is 5.74. The Labute approximate surface area is 64.1 Å². The zero-order chi connectivity index (χ0) is 8.53. The van der Waals surface area contributed by atoms with Crippen LogP contribution in [-0.2, 0) is 4.79 Å². The van der Waals surface area contributed by atoms with Gasteiger partial charge < -0.3 is 0 Å². The van der Waals surface area contributed by atoms with Crippen LogP contribution in [0.25, 0.3) is 0 Å². The number of amides is 1. The van der Waals surface area contributed by atoms with Gasteiger partial charge in [0.25, 0.3) is 0 Å². The Bertz CT molecular complexity index is 150. The highest BCUT2D eigenvalue weighted by Crippen LogP contribution is 1.66. The summed E-state index contributed by atoms with van der Waals surface area (Å²) in [5.74, 6) is 4.55. The second kappa shape index (κ2) is 6.69. The molecule has 0 aromatic carbocycles. The molecule has 1 heterocycles. The Morgan fingerprint density at radius 3 is 2.64 bits per heavy atom. The van der Waals surface area contributed by atoms with E-state index in [2.05, 4.69) is 21.3 Å². The van der Waals surface area contributed by atoms with E-state index in [-0.39, 0.29) is 5.91 Å². The van der Waals surface area contributed by atoms with Crippen LogP contribution in [0.15, 0.2) is 12.4 Å². The lowest BCUT2D eigenvalue weighted by atomic mass is 10.5. The van der Waals surface area contributed by atoms with Gasteiger partial charge in [-0.2, -0.15) is 0 Å². The number of hydrazine groups is 1. The van der Waals surface area contributed by atoms with Gasteiger partial charge in [0.15, 0.2) is 0 Å². The predicted molar refractivity (Wildman–Crippen MR) is 39.0 cm³/mol. The molecule has 11 heavy (non-hydrogen) atoms. The second-order valence-corrected chi connectivity index (χ2v) is 1.58. The lowest BCUT2D eigenvalue weighted by Gasteiger charge is -1.87. The number of nitrogens with one attached hydrogen (secondary N) is 2. The second-order valence-electron chi connectivity index (χ2n) is 1.58. The largest absolute Gasteiger partial charge is 0.294 e. The first-order valence-electron chi connectivity index (χ1n) is 3.11. The smallest absolute Gasteiger partial charge is 0.233 e. The van der Waals surface area contributed by atoms with Gasteiger partial charge in [0.1, 0.15) is 0 Å². The third-order valence-corrected chi connectivity index (χ3v) is 0.813. The summed E-state index contributed by atoms with van der Waals surface area (Å²) in [6, 6.07) is 0. The van der Waals surface area contributed by atoms with Gasteiger partial charge >= 0.3 is 0 Å². The van der Waals surface area contributed by atoms with E-state index < -0.39 is 0 Å². The van der Waals surface area contributed by atoms with Crippen LogP contribution in [0.4, 0.5) is 0 Å². The number of carbonyl (C=O) groups excluding carboxylic acids is 1. The van der Waals surface area contributed by atoms with Crippen LogP contribution in [0.1, 0.15) is 13.3 Å². The first kappa shape index (κ1) is 9.57. The summed E-state index contributed by atoms with van der Waals surface area (Å²) in [5.41, 5.74) is 1.98. The Morgan fingerprint density at radius 2 is 2.55 bits per heavy atom. The molecule has 0 spiro atoms. The van der Waals surface area contributed by atoms with Crippen molar-refractivity contribution in [1.82, 2.24) is 20.8 Å². The molecule has 1 aromatic rings. The number of H-pyrrole nitrogens is 1. The SMILES string of the molecule is CCC(=O)NN.c1c[nH]nn1. The lowest BCUT2D eigenvalue weighted by molar-refractivity contribution is -0.120. The molecule has 0 bridgehead atoms. The summed E-state index contributed by atoms with van der Waals surface area (Å²) in [6.07, 6.45) is 3.69. The minimum Gasteiger partial charge on any atom is -0.294 e. The lowest BCUT2D eigenvalue weighted by Crippen LogP contribution is -2.28. The summed E-state index contributed by atoms with van der Waals surface area (Å²) in [7, 11) is 0. The summed E-state index contributed by atoms with van der Waals surface area (Å²) in [6.45, 7) is 1.74. The normalized spacial score (nSPS) is 7.82. The molecule has 6 heteroatoms. The number of rotatable bonds is 1. The van der Waals surface area contributed by atoms with Crippen molar-refractivity contribution in [2.24, 2.45) is 5.84 Å². The average Bonchev–Trinajstić information content (AvgIpc) is 2.60. The fourth-order valence-electron chi connectivity index (χ4n) is 0.269. The predicted octanol–water partition coefficient (Wildman–Crippen LogP) is -0.809. The molecule has 6 nitrogen and oxygen atoms in total. The fourth-order valence-corrected chi connectivity index (χ4v) is 0.269. The average molecular weight is 157 g/mol. The van der Waals surface area contributed by atoms with Gasteiger partial charge in [0.2, 0.25) is 5.91 Å². The van der Waals surface area contributed by atoms with Gasteiger partial charge in [0.05, 0.1) is 6.20 Å². The molecule has 0 unspecified atom stereocenters. The Kier molecular flexibility index (Phi) is 5.82. The number of aromatic nitrogens is 3. The molecule has 1 rings (SSSR count). The maximum Gasteiger partial charge on any atom is 0.233 e. The number of hydrogen-bond acceptors (Lipinski definition) is 4. The van der Waals surface area contributed by atoms with Crippen molar-refractivity contribution in [2.75, 3.05) is 0 Å². The van der Waals surface area contributed by atoms with Crippen molar-refractivity contribution < 1.29 is 4.79 Å². The maximum absolute atomic E-state index is 9.94. The third-order valence-electron chi connectivity index (χ3n) is 0.813. The highest BCUT2D eigenvalue weighted by Gasteiger charge is 1.85. The first-order chi connectivity index (χ1) is 5.31. The minimum absolute atomic E-state index is 0.130. The van der Waals surface area contributed by atoms with E-state index in [0.717, 1.165) is 0 Å². The molecule has 4 N–H and O–H groups in total. The van der Waals surface area contributed by atoms with Crippen LogP contribution in [0.5, 0.6) is 0 Å². The summed E-state index contributed by atoms with van der Waals surface area (Å²) in [5, 5.41) is 9.26. The van der Waals surface area contributed by atoms with E-state index in [1.807, 2.05) is 5.43 Å². The minimum atomic E-state index is -0.130. The van der Waals surface area contributed by atoms with Gasteiger partial charge in [-0.25, -0.2) is 5.84 Å². The molecule has 0 saturated carbocycles. The standard InChI is InChI=1S/C3H8N2O.C2H3N3/c1-2-3(6)5-4;1-2-4-5-3-1/h2,4H2,1H3,(H,5,6);1-2H,(H,3,4,5). The fraction of sp³-hybridized carbons (Fsp3) is 0.400. The van der Waals surface area contributed by atoms with Crippen LogP contribution in [0.2, 0.25) is 0 Å². The molecule has 0 aliphatic carbocycles. The van der Waals surface area contributed by atoms with Gasteiger partial charge in [-0.15, -0.1) is 5.10 Å². The molecule has 1 amide bonds. The number of hydrogen-bond donors (Lipinski definition) is 3. The number of nitrogens with zero attached hydrogens (tertiary/aromatic N) is 2. The Morgan fingerprint density at radius 1 is 1.82 bits per heavy atom. The molecule has 62 valence electrons. The van der Waals surface area contributed by atoms with Gasteiger partial charge in [-0.1, -0.05) is 12.1 Å². The molecule has 0 saturated heterocycles. The number of nitrogens with two attached hydrogens (primary N) is 1. The highest BCUT2D eigenvalue weighted by atomic mass is 16.2. The Balaban J connectivity index is 0.000000183. The topological polar surface area (TPSA) is 96.7 Å². The molecule has 0 aliphatic heterocycles. The van der Waals surface area contributed by atoms with Crippen molar-refractivity contribution >= 4 is 5.91 Å². The molecular formula is C5H11N5O. The van der Waals surface area contributed by atoms with Gasteiger partial charge in [0, 0.05) is 12.6 Å². The zero-order valence-electron chi connectivity index (χ0n) is 6.24. The van der Waals surface area contributed by atoms with Crippen LogP contribution in [-0.4, -0.2) is 21.3 Å². The van der Waals surface area contributed by atoms with Crippen molar-refractivity contribution in [1.29, 1.82) is 0 Å². The van der Waals surface area contributed by atoms with E-state index in [0.29, 0.717) is 6.42 Å². The molecule has 1 aromatic heterocycles. The van der Waals surface area contributed by atoms with E-state index >= 15 is 0 Å². The molecule has 0 radical (unpaired) electrons. The van der Waals surface area contributed by atoms with Crippen molar-refractivity contribution in [3.8, 4) is 0 Å². The number of carbonyl (C=O) groups is 1. The van der Waals surface area contributed by atoms with Crippen LogP contribution >= 0.6 is 0 Å². The van der Waals surface area contributed by atoms with E-state index in [1.54, 1.807) is 19.3 Å². The monoisotopic (exact) mass is 157 g/mol. The molecule has 0 atom stereocenters. The summed E-state index contributed by atoms with van der Waals surface area (Å²) in [4.78, 5) is 9.94. The quantitative estimate of drug-likeness (QED) is 0.282. The summed E-state index contributed by atoms with van der Waals surface area (Å²) < 4.78 is 0. The zero-order valence-corrected chi connectivity index (χ0v) is 6.24. The molecule has 0 fully saturated rings. The molecular weight excluding hydrogens is 146 g/mol. The van der Waals surface area contributed by atoms with Crippen molar-refractivity contribution in [2.45, 2.75) is 13.3 Å². The van der Waals surface area contributed by atoms with E-state index in [9.17, 15) is 4.79 Å². The van der Waals surface area contributed by atoms with Gasteiger partial charge in [-0.05, 0) is 0 Å². The van der Waals surface area contributed by atoms with Gasteiger partial charge in [-0.3, -0.25) is 15.3 Å². The van der Waals surface area contributed by atoms with Crippen LogP contribution in [0.3, 0.4) is 0 Å². The molecule has 0 aliphatic rings. The van der Waals surface area contributed by atoms with Crippen LogP contribution < -0.4 is 11.3 Å². The summed E-state index contributed by atoms with van der Waals surface area (Å²) >= 11 is 0. The van der Waals surface area contributed by atoms with Crippen LogP contribution in [0, 0.1) is 0 Å². The van der Waals surface area contributed by atoms with Crippen molar-refractivity contribution in [3.05, 3.63) is 12.4 Å². The third kappa shape index (κ3) is 6.46. The number of aromatic amines is 1. The Hall–Kier alpha value is -1.43. The van der Waals surface area contributed by atoms with E-state index in [4.69, 9.17) is 0 Å².